The lowest BCUT2D eigenvalue weighted by Crippen LogP contribution is -2.15. The lowest BCUT2D eigenvalue weighted by molar-refractivity contribution is 0.0698. The average molecular weight is 370 g/mol. The van der Waals surface area contributed by atoms with E-state index in [-0.39, 0.29) is 16.1 Å². The number of rotatable bonds is 4. The number of carboxylic acids is 1. The van der Waals surface area contributed by atoms with Gasteiger partial charge in [-0.25, -0.2) is 13.2 Å². The van der Waals surface area contributed by atoms with Crippen molar-refractivity contribution < 1.29 is 18.3 Å². The first-order chi connectivity index (χ1) is 9.79. The molecule has 5 nitrogen and oxygen atoms in total. The van der Waals surface area contributed by atoms with Crippen molar-refractivity contribution in [2.45, 2.75) is 11.8 Å². The Labute approximate surface area is 130 Å². The van der Waals surface area contributed by atoms with Gasteiger partial charge in [0.1, 0.15) is 0 Å². The molecule has 0 bridgehead atoms. The fourth-order valence-corrected chi connectivity index (χ4v) is 3.09. The van der Waals surface area contributed by atoms with Crippen LogP contribution in [0.15, 0.2) is 51.8 Å². The molecule has 0 amide bonds. The molecule has 2 N–H and O–H groups in total. The first-order valence-electron chi connectivity index (χ1n) is 5.92. The van der Waals surface area contributed by atoms with Crippen molar-refractivity contribution in [2.75, 3.05) is 4.72 Å². The lowest BCUT2D eigenvalue weighted by atomic mass is 10.1. The van der Waals surface area contributed by atoms with E-state index in [0.717, 1.165) is 10.0 Å². The van der Waals surface area contributed by atoms with Crippen LogP contribution in [-0.2, 0) is 10.0 Å². The molecule has 0 aliphatic carbocycles. The molecule has 2 aromatic rings. The van der Waals surface area contributed by atoms with Crippen molar-refractivity contribution in [1.29, 1.82) is 0 Å². The van der Waals surface area contributed by atoms with Crippen LogP contribution < -0.4 is 4.72 Å². The predicted molar refractivity (Wildman–Crippen MR) is 83.1 cm³/mol. The minimum absolute atomic E-state index is 0.0380. The predicted octanol–water partition coefficient (Wildman–Crippen LogP) is 3.26. The van der Waals surface area contributed by atoms with Crippen molar-refractivity contribution in [3.63, 3.8) is 0 Å². The Morgan fingerprint density at radius 2 is 1.76 bits per heavy atom. The maximum Gasteiger partial charge on any atom is 0.337 e. The van der Waals surface area contributed by atoms with Gasteiger partial charge in [-0.15, -0.1) is 0 Å². The van der Waals surface area contributed by atoms with E-state index in [1.165, 1.54) is 24.3 Å². The van der Waals surface area contributed by atoms with Crippen LogP contribution in [0.25, 0.3) is 0 Å². The summed E-state index contributed by atoms with van der Waals surface area (Å²) in [7, 11) is -3.83. The third kappa shape index (κ3) is 3.62. The molecule has 0 atom stereocenters. The second-order valence-corrected chi connectivity index (χ2v) is 7.01. The van der Waals surface area contributed by atoms with Gasteiger partial charge in [0, 0.05) is 4.47 Å². The molecule has 2 aromatic carbocycles. The minimum Gasteiger partial charge on any atom is -0.478 e. The zero-order valence-corrected chi connectivity index (χ0v) is 13.4. The average Bonchev–Trinajstić information content (AvgIpc) is 2.41. The zero-order chi connectivity index (χ0) is 15.6. The highest BCUT2D eigenvalue weighted by molar-refractivity contribution is 9.10. The highest BCUT2D eigenvalue weighted by Gasteiger charge is 2.18. The summed E-state index contributed by atoms with van der Waals surface area (Å²) in [5.41, 5.74) is 0.686. The van der Waals surface area contributed by atoms with E-state index in [1.807, 2.05) is 0 Å². The number of halogens is 1. The maximum absolute atomic E-state index is 12.3. The fraction of sp³-hybridized carbons (Fsp3) is 0.0714. The van der Waals surface area contributed by atoms with Crippen LogP contribution >= 0.6 is 15.9 Å². The molecule has 0 fully saturated rings. The van der Waals surface area contributed by atoms with E-state index in [2.05, 4.69) is 20.7 Å². The molecule has 0 radical (unpaired) electrons. The largest absolute Gasteiger partial charge is 0.478 e. The molecule has 21 heavy (non-hydrogen) atoms. The van der Waals surface area contributed by atoms with Gasteiger partial charge in [0.25, 0.3) is 10.0 Å². The summed E-state index contributed by atoms with van der Waals surface area (Å²) >= 11 is 3.22. The van der Waals surface area contributed by atoms with E-state index >= 15 is 0 Å². The maximum atomic E-state index is 12.3. The summed E-state index contributed by atoms with van der Waals surface area (Å²) < 4.78 is 27.6. The van der Waals surface area contributed by atoms with Crippen LogP contribution in [0.1, 0.15) is 15.9 Å². The van der Waals surface area contributed by atoms with Crippen LogP contribution in [0.4, 0.5) is 5.69 Å². The van der Waals surface area contributed by atoms with Crippen LogP contribution in [0.3, 0.4) is 0 Å². The summed E-state index contributed by atoms with van der Waals surface area (Å²) in [5, 5.41) is 9.15. The van der Waals surface area contributed by atoms with Gasteiger partial charge in [-0.1, -0.05) is 27.6 Å². The second-order valence-electron chi connectivity index (χ2n) is 4.41. The molecular weight excluding hydrogens is 358 g/mol. The zero-order valence-electron chi connectivity index (χ0n) is 11.0. The standard InChI is InChI=1S/C14H12BrNO4S/c1-9-2-7-13(12(8-9)14(17)18)16-21(19,20)11-5-3-10(15)4-6-11/h2-8,16H,1H3,(H,17,18). The third-order valence-electron chi connectivity index (χ3n) is 2.77. The van der Waals surface area contributed by atoms with Gasteiger partial charge in [0.05, 0.1) is 16.1 Å². The van der Waals surface area contributed by atoms with E-state index in [9.17, 15) is 13.2 Å². The fourth-order valence-electron chi connectivity index (χ4n) is 1.74. The van der Waals surface area contributed by atoms with Gasteiger partial charge in [0.2, 0.25) is 0 Å². The SMILES string of the molecule is Cc1ccc(NS(=O)(=O)c2ccc(Br)cc2)c(C(=O)O)c1. The Hall–Kier alpha value is -1.86. The van der Waals surface area contributed by atoms with E-state index in [1.54, 1.807) is 25.1 Å². The first-order valence-corrected chi connectivity index (χ1v) is 8.19. The summed E-state index contributed by atoms with van der Waals surface area (Å²) in [6, 6.07) is 10.6. The number of hydrogen-bond donors (Lipinski definition) is 2. The molecule has 0 saturated heterocycles. The molecule has 0 heterocycles. The molecule has 0 aliphatic rings. The van der Waals surface area contributed by atoms with E-state index in [0.29, 0.717) is 0 Å². The van der Waals surface area contributed by atoms with Crippen LogP contribution in [-0.4, -0.2) is 19.5 Å². The molecule has 0 aromatic heterocycles. The number of aryl methyl sites for hydroxylation is 1. The number of nitrogens with one attached hydrogen (secondary N) is 1. The lowest BCUT2D eigenvalue weighted by Gasteiger charge is -2.11. The summed E-state index contributed by atoms with van der Waals surface area (Å²) in [4.78, 5) is 11.3. The number of aromatic carboxylic acids is 1. The van der Waals surface area contributed by atoms with Crippen molar-refractivity contribution in [1.82, 2.24) is 0 Å². The second kappa shape index (κ2) is 5.87. The molecule has 0 unspecified atom stereocenters. The smallest absolute Gasteiger partial charge is 0.337 e. The monoisotopic (exact) mass is 369 g/mol. The topological polar surface area (TPSA) is 83.5 Å². The Bertz CT molecular complexity index is 785. The number of hydrogen-bond acceptors (Lipinski definition) is 3. The number of anilines is 1. The van der Waals surface area contributed by atoms with E-state index in [4.69, 9.17) is 5.11 Å². The Kier molecular flexibility index (Phi) is 4.34. The normalized spacial score (nSPS) is 11.1. The van der Waals surface area contributed by atoms with Crippen molar-refractivity contribution in [3.05, 3.63) is 58.1 Å². The highest BCUT2D eigenvalue weighted by atomic mass is 79.9. The Morgan fingerprint density at radius 3 is 2.33 bits per heavy atom. The molecule has 2 rings (SSSR count). The first kappa shape index (κ1) is 15.5. The van der Waals surface area contributed by atoms with Gasteiger partial charge >= 0.3 is 5.97 Å². The van der Waals surface area contributed by atoms with Gasteiger partial charge in [-0.05, 0) is 43.3 Å². The highest BCUT2D eigenvalue weighted by Crippen LogP contribution is 2.22. The molecule has 0 spiro atoms. The summed E-state index contributed by atoms with van der Waals surface area (Å²) in [6.45, 7) is 1.74. The van der Waals surface area contributed by atoms with Crippen LogP contribution in [0.2, 0.25) is 0 Å². The molecule has 0 saturated carbocycles. The van der Waals surface area contributed by atoms with Crippen LogP contribution in [0.5, 0.6) is 0 Å². The van der Waals surface area contributed by atoms with Gasteiger partial charge in [0.15, 0.2) is 0 Å². The van der Waals surface area contributed by atoms with Crippen LogP contribution in [0, 0.1) is 6.92 Å². The summed E-state index contributed by atoms with van der Waals surface area (Å²) in [6.07, 6.45) is 0. The van der Waals surface area contributed by atoms with Gasteiger partial charge in [-0.2, -0.15) is 0 Å². The number of carbonyl (C=O) groups is 1. The van der Waals surface area contributed by atoms with Gasteiger partial charge < -0.3 is 5.11 Å². The van der Waals surface area contributed by atoms with Crippen molar-refractivity contribution >= 4 is 37.6 Å². The Morgan fingerprint density at radius 1 is 1.14 bits per heavy atom. The molecule has 7 heteroatoms. The Balaban J connectivity index is 2.41. The van der Waals surface area contributed by atoms with E-state index < -0.39 is 16.0 Å². The molecular formula is C14H12BrNO4S. The summed E-state index contributed by atoms with van der Waals surface area (Å²) in [5.74, 6) is -1.19. The third-order valence-corrected chi connectivity index (χ3v) is 4.68. The quantitative estimate of drug-likeness (QED) is 0.866. The number of sulfonamides is 1. The number of benzene rings is 2. The van der Waals surface area contributed by atoms with Crippen molar-refractivity contribution in [3.8, 4) is 0 Å². The molecule has 110 valence electrons. The van der Waals surface area contributed by atoms with Gasteiger partial charge in [-0.3, -0.25) is 4.72 Å². The minimum atomic E-state index is -3.83. The number of carboxylic acid groups (broad SMARTS) is 1. The van der Waals surface area contributed by atoms with Crippen molar-refractivity contribution in [2.24, 2.45) is 0 Å². The molecule has 0 aliphatic heterocycles.